The van der Waals surface area contributed by atoms with Gasteiger partial charge in [-0.15, -0.1) is 0 Å². The van der Waals surface area contributed by atoms with Crippen LogP contribution in [0.5, 0.6) is 5.75 Å². The minimum atomic E-state index is -1.09. The average Bonchev–Trinajstić information content (AvgIpc) is 2.87. The highest BCUT2D eigenvalue weighted by molar-refractivity contribution is 5.86. The van der Waals surface area contributed by atoms with Gasteiger partial charge in [-0.05, 0) is 59.2 Å². The maximum Gasteiger partial charge on any atom is 0.408 e. The van der Waals surface area contributed by atoms with Crippen molar-refractivity contribution in [2.75, 3.05) is 0 Å². The number of nitrogens with one attached hydrogen (secondary N) is 1. The number of nitrogens with zero attached hydrogens (tertiary/aromatic N) is 1. The van der Waals surface area contributed by atoms with Crippen molar-refractivity contribution in [2.24, 2.45) is 0 Å². The summed E-state index contributed by atoms with van der Waals surface area (Å²) < 4.78 is 5.92. The third kappa shape index (κ3) is 4.62. The fourth-order valence-corrected chi connectivity index (χ4v) is 5.00. The zero-order valence-corrected chi connectivity index (χ0v) is 18.9. The zero-order chi connectivity index (χ0) is 23.5. The van der Waals surface area contributed by atoms with Crippen molar-refractivity contribution in [1.29, 1.82) is 0 Å². The van der Waals surface area contributed by atoms with Gasteiger partial charge in [-0.1, -0.05) is 60.7 Å². The van der Waals surface area contributed by atoms with Crippen molar-refractivity contribution >= 4 is 12.0 Å². The van der Waals surface area contributed by atoms with Crippen molar-refractivity contribution in [1.82, 2.24) is 10.2 Å². The number of benzene rings is 3. The second-order valence-electron chi connectivity index (χ2n) is 8.99. The molecule has 1 heterocycles. The third-order valence-corrected chi connectivity index (χ3v) is 6.79. The number of carboxylic acid groups (broad SMARTS) is 1. The number of fused-ring (bicyclic) bond motifs is 2. The van der Waals surface area contributed by atoms with Crippen molar-refractivity contribution in [3.63, 3.8) is 0 Å². The molecule has 6 nitrogen and oxygen atoms in total. The fraction of sp³-hybridized carbons (Fsp3) is 0.286. The molecule has 2 N–H and O–H groups in total. The Morgan fingerprint density at radius 3 is 2.59 bits per heavy atom. The molecule has 2 aliphatic rings. The van der Waals surface area contributed by atoms with Crippen molar-refractivity contribution in [3.8, 4) is 5.75 Å². The Hall–Kier alpha value is -3.80. The van der Waals surface area contributed by atoms with Crippen LogP contribution in [0.25, 0.3) is 0 Å². The molecule has 2 amide bonds. The molecule has 0 radical (unpaired) electrons. The van der Waals surface area contributed by atoms with Gasteiger partial charge in [-0.2, -0.15) is 0 Å². The van der Waals surface area contributed by atoms with Crippen LogP contribution in [0, 0.1) is 0 Å². The van der Waals surface area contributed by atoms with Gasteiger partial charge in [-0.25, -0.2) is 4.79 Å². The normalized spacial score (nSPS) is 19.0. The minimum Gasteiger partial charge on any atom is -0.489 e. The van der Waals surface area contributed by atoms with Crippen LogP contribution in [0.4, 0.5) is 4.79 Å². The SMILES string of the molecule is O=C(N[C@H]1CCCc2ccccc21)[C@@H]1Cc2ccc(OCc3ccccc3)cc2CN1C(=O)O. The van der Waals surface area contributed by atoms with Gasteiger partial charge in [0.2, 0.25) is 5.91 Å². The molecule has 0 saturated carbocycles. The summed E-state index contributed by atoms with van der Waals surface area (Å²) in [6, 6.07) is 23.0. The molecule has 2 atom stereocenters. The van der Waals surface area contributed by atoms with Crippen LogP contribution in [-0.4, -0.2) is 28.0 Å². The molecule has 34 heavy (non-hydrogen) atoms. The van der Waals surface area contributed by atoms with Crippen LogP contribution >= 0.6 is 0 Å². The van der Waals surface area contributed by atoms with E-state index in [4.69, 9.17) is 4.74 Å². The van der Waals surface area contributed by atoms with E-state index < -0.39 is 12.1 Å². The standard InChI is InChI=1S/C28H28N2O4/c31-27(29-25-12-6-10-20-9-4-5-11-24(20)25)26-16-21-13-14-23(15-22(21)17-30(26)28(32)33)34-18-19-7-2-1-3-8-19/h1-5,7-9,11,13-15,25-26H,6,10,12,16-18H2,(H,29,31)(H,32,33)/t25-,26-/m0/s1. The van der Waals surface area contributed by atoms with Gasteiger partial charge in [0.05, 0.1) is 12.6 Å². The Morgan fingerprint density at radius 2 is 1.76 bits per heavy atom. The lowest BCUT2D eigenvalue weighted by atomic mass is 9.87. The molecular weight excluding hydrogens is 428 g/mol. The number of ether oxygens (including phenoxy) is 1. The van der Waals surface area contributed by atoms with Gasteiger partial charge >= 0.3 is 6.09 Å². The second kappa shape index (κ2) is 9.59. The molecule has 3 aromatic rings. The lowest BCUT2D eigenvalue weighted by molar-refractivity contribution is -0.127. The molecule has 0 saturated heterocycles. The first-order valence-corrected chi connectivity index (χ1v) is 11.7. The van der Waals surface area contributed by atoms with Gasteiger partial charge in [0.25, 0.3) is 0 Å². The quantitative estimate of drug-likeness (QED) is 0.575. The van der Waals surface area contributed by atoms with Gasteiger partial charge in [-0.3, -0.25) is 9.69 Å². The molecule has 3 aromatic carbocycles. The van der Waals surface area contributed by atoms with E-state index in [1.807, 2.05) is 60.7 Å². The Kier molecular flexibility index (Phi) is 6.21. The maximum absolute atomic E-state index is 13.3. The van der Waals surface area contributed by atoms with E-state index in [9.17, 15) is 14.7 Å². The molecule has 0 unspecified atom stereocenters. The molecular formula is C28H28N2O4. The molecule has 1 aliphatic heterocycles. The summed E-state index contributed by atoms with van der Waals surface area (Å²) in [4.78, 5) is 26.6. The van der Waals surface area contributed by atoms with Gasteiger partial charge in [0, 0.05) is 6.42 Å². The topological polar surface area (TPSA) is 78.9 Å². The lowest BCUT2D eigenvalue weighted by Gasteiger charge is -2.36. The summed E-state index contributed by atoms with van der Waals surface area (Å²) in [5.41, 5.74) is 5.31. The molecule has 174 valence electrons. The van der Waals surface area contributed by atoms with Crippen molar-refractivity contribution in [3.05, 3.63) is 101 Å². The smallest absolute Gasteiger partial charge is 0.408 e. The first-order chi connectivity index (χ1) is 16.6. The molecule has 0 aromatic heterocycles. The minimum absolute atomic E-state index is 0.0803. The summed E-state index contributed by atoms with van der Waals surface area (Å²) in [6.45, 7) is 0.600. The van der Waals surface area contributed by atoms with E-state index >= 15 is 0 Å². The van der Waals surface area contributed by atoms with Gasteiger partial charge < -0.3 is 15.2 Å². The Bertz CT molecular complexity index is 1190. The molecule has 0 bridgehead atoms. The largest absolute Gasteiger partial charge is 0.489 e. The van der Waals surface area contributed by atoms with Crippen LogP contribution in [0.2, 0.25) is 0 Å². The lowest BCUT2D eigenvalue weighted by Crippen LogP contribution is -2.52. The maximum atomic E-state index is 13.3. The van der Waals surface area contributed by atoms with E-state index in [0.29, 0.717) is 18.8 Å². The molecule has 1 aliphatic carbocycles. The van der Waals surface area contributed by atoms with Crippen LogP contribution in [-0.2, 0) is 30.8 Å². The van der Waals surface area contributed by atoms with E-state index in [-0.39, 0.29) is 18.5 Å². The Balaban J connectivity index is 1.31. The van der Waals surface area contributed by atoms with Crippen molar-refractivity contribution < 1.29 is 19.4 Å². The number of aryl methyl sites for hydroxylation is 1. The van der Waals surface area contributed by atoms with Crippen molar-refractivity contribution in [2.45, 2.75) is 50.9 Å². The van der Waals surface area contributed by atoms with E-state index in [1.54, 1.807) is 0 Å². The van der Waals surface area contributed by atoms with Gasteiger partial charge in [0.15, 0.2) is 0 Å². The van der Waals surface area contributed by atoms with Crippen LogP contribution in [0.3, 0.4) is 0 Å². The monoisotopic (exact) mass is 456 g/mol. The predicted molar refractivity (Wildman–Crippen MR) is 129 cm³/mol. The summed E-state index contributed by atoms with van der Waals surface area (Å²) in [5.74, 6) is 0.453. The molecule has 0 fully saturated rings. The molecule has 6 heteroatoms. The number of amides is 2. The first kappa shape index (κ1) is 22.0. The summed E-state index contributed by atoms with van der Waals surface area (Å²) in [6.07, 6.45) is 2.13. The summed E-state index contributed by atoms with van der Waals surface area (Å²) >= 11 is 0. The highest BCUT2D eigenvalue weighted by Crippen LogP contribution is 2.31. The highest BCUT2D eigenvalue weighted by Gasteiger charge is 2.36. The second-order valence-corrected chi connectivity index (χ2v) is 8.99. The summed E-state index contributed by atoms with van der Waals surface area (Å²) in [5, 5.41) is 13.0. The predicted octanol–water partition coefficient (Wildman–Crippen LogP) is 4.86. The van der Waals surface area contributed by atoms with E-state index in [2.05, 4.69) is 17.4 Å². The van der Waals surface area contributed by atoms with Gasteiger partial charge in [0.1, 0.15) is 18.4 Å². The number of carbonyl (C=O) groups excluding carboxylic acids is 1. The van der Waals surface area contributed by atoms with Crippen LogP contribution in [0.15, 0.2) is 72.8 Å². The average molecular weight is 457 g/mol. The number of rotatable bonds is 5. The number of hydrogen-bond donors (Lipinski definition) is 2. The van der Waals surface area contributed by atoms with Crippen LogP contribution in [0.1, 0.15) is 46.7 Å². The van der Waals surface area contributed by atoms with Crippen LogP contribution < -0.4 is 10.1 Å². The Morgan fingerprint density at radius 1 is 0.971 bits per heavy atom. The molecule has 0 spiro atoms. The number of carbonyl (C=O) groups is 2. The van der Waals surface area contributed by atoms with E-state index in [0.717, 1.165) is 41.5 Å². The number of hydrogen-bond acceptors (Lipinski definition) is 3. The van der Waals surface area contributed by atoms with E-state index in [1.165, 1.54) is 10.5 Å². The first-order valence-electron chi connectivity index (χ1n) is 11.7. The fourth-order valence-electron chi connectivity index (χ4n) is 5.00. The summed E-state index contributed by atoms with van der Waals surface area (Å²) in [7, 11) is 0. The third-order valence-electron chi connectivity index (χ3n) is 6.79. The molecule has 5 rings (SSSR count). The zero-order valence-electron chi connectivity index (χ0n) is 18.9. The Labute approximate surface area is 199 Å². The highest BCUT2D eigenvalue weighted by atomic mass is 16.5.